The summed E-state index contributed by atoms with van der Waals surface area (Å²) in [4.78, 5) is 10.4. The number of phenolic OH excluding ortho intramolecular Hbond substituents is 1. The van der Waals surface area contributed by atoms with Gasteiger partial charge in [0.15, 0.2) is 0 Å². The summed E-state index contributed by atoms with van der Waals surface area (Å²) in [6.07, 6.45) is 8.51. The number of hydrogen-bond acceptors (Lipinski definition) is 3. The number of para-hydroxylation sites is 2. The number of aromatic hydroxyl groups is 1. The van der Waals surface area contributed by atoms with Gasteiger partial charge < -0.3 is 5.11 Å². The first-order valence-corrected chi connectivity index (χ1v) is 22.0. The number of imidazole rings is 1. The Kier molecular flexibility index (Phi) is 11.9. The first kappa shape index (κ1) is 42.0. The van der Waals surface area contributed by atoms with E-state index in [0.29, 0.717) is 17.3 Å². The quantitative estimate of drug-likeness (QED) is 0.154. The smallest absolute Gasteiger partial charge is 0.148 e. The van der Waals surface area contributed by atoms with Gasteiger partial charge in [-0.3, -0.25) is 9.55 Å². The van der Waals surface area contributed by atoms with E-state index in [-0.39, 0.29) is 32.2 Å². The zero-order valence-electron chi connectivity index (χ0n) is 36.0. The Morgan fingerprint density at radius 2 is 1.24 bits per heavy atom. The van der Waals surface area contributed by atoms with E-state index in [1.165, 1.54) is 48.8 Å². The molecule has 0 saturated heterocycles. The molecule has 0 spiro atoms. The van der Waals surface area contributed by atoms with Crippen LogP contribution in [0.5, 0.6) is 5.75 Å². The van der Waals surface area contributed by atoms with Crippen LogP contribution in [0.3, 0.4) is 0 Å². The molecule has 314 valence electrons. The van der Waals surface area contributed by atoms with Gasteiger partial charge in [-0.05, 0) is 94.0 Å². The number of pyridine rings is 1. The van der Waals surface area contributed by atoms with Crippen LogP contribution in [0.1, 0.15) is 69.9 Å². The van der Waals surface area contributed by atoms with Crippen molar-refractivity contribution in [3.8, 4) is 78.6 Å². The molecule has 1 aliphatic carbocycles. The van der Waals surface area contributed by atoms with Gasteiger partial charge in [0.05, 0.1) is 22.3 Å². The topological polar surface area (TPSA) is 50.9 Å². The third-order valence-electron chi connectivity index (χ3n) is 12.6. The van der Waals surface area contributed by atoms with Crippen LogP contribution in [0.2, 0.25) is 0 Å². The van der Waals surface area contributed by atoms with Crippen molar-refractivity contribution in [3.63, 3.8) is 0 Å². The minimum absolute atomic E-state index is 0. The fraction of sp³-hybridized carbons (Fsp3) is 0.172. The van der Waals surface area contributed by atoms with Crippen molar-refractivity contribution in [1.82, 2.24) is 14.5 Å². The minimum atomic E-state index is -0.0579. The van der Waals surface area contributed by atoms with E-state index in [2.05, 4.69) is 177 Å². The van der Waals surface area contributed by atoms with Crippen LogP contribution in [0.25, 0.3) is 83.9 Å². The average Bonchev–Trinajstić information content (AvgIpc) is 3.71. The molecule has 10 rings (SSSR count). The molecule has 0 atom stereocenters. The summed E-state index contributed by atoms with van der Waals surface area (Å²) < 4.78 is 2.22. The van der Waals surface area contributed by atoms with Crippen LogP contribution in [0.4, 0.5) is 0 Å². The van der Waals surface area contributed by atoms with Crippen molar-refractivity contribution in [3.05, 3.63) is 193 Å². The van der Waals surface area contributed by atoms with Gasteiger partial charge in [0, 0.05) is 38.5 Å². The van der Waals surface area contributed by atoms with Crippen molar-refractivity contribution in [2.75, 3.05) is 0 Å². The first-order valence-electron chi connectivity index (χ1n) is 22.0. The molecular weight excluding hydrogens is 950 g/mol. The molecule has 1 N–H and O–H groups in total. The van der Waals surface area contributed by atoms with Crippen LogP contribution in [-0.2, 0) is 26.5 Å². The second-order valence-electron chi connectivity index (χ2n) is 17.8. The summed E-state index contributed by atoms with van der Waals surface area (Å²) >= 11 is 0. The van der Waals surface area contributed by atoms with E-state index in [1.807, 2.05) is 24.4 Å². The number of fused-ring (bicyclic) bond motifs is 1. The van der Waals surface area contributed by atoms with E-state index in [1.54, 1.807) is 6.07 Å². The Bertz CT molecular complexity index is 3030. The standard InChI is InChI=1S/C58H50N3O.Pt/c1-58(2,3)48-30-31-53(51(38-48)43-20-11-6-12-21-43)61-54-24-15-23-49(56(54)60-57(61)50-22-13-14-25-55(50)62)46-34-45(40-18-9-5-10-19-40)35-47(36-46)52-37-44(32-33-59-52)42-28-26-41(27-29-42)39-16-7-4-8-17-39;/h5-6,9-15,18-35,37-39,62H,4,7-8,16-17H2,1-3H3;/q-1;. The minimum Gasteiger partial charge on any atom is -0.507 e. The van der Waals surface area contributed by atoms with Crippen molar-refractivity contribution >= 4 is 11.0 Å². The fourth-order valence-electron chi connectivity index (χ4n) is 9.24. The molecule has 4 nitrogen and oxygen atoms in total. The maximum absolute atomic E-state index is 11.4. The van der Waals surface area contributed by atoms with Crippen LogP contribution in [-0.4, -0.2) is 19.6 Å². The molecular formula is C58H50N3OPt-. The number of rotatable bonds is 8. The number of benzene rings is 7. The van der Waals surface area contributed by atoms with Crippen LogP contribution in [0, 0.1) is 6.07 Å². The third-order valence-corrected chi connectivity index (χ3v) is 12.6. The Hall–Kier alpha value is -6.35. The Balaban J connectivity index is 0.00000504. The second kappa shape index (κ2) is 17.8. The van der Waals surface area contributed by atoms with Crippen molar-refractivity contribution in [2.24, 2.45) is 0 Å². The Morgan fingerprint density at radius 1 is 0.571 bits per heavy atom. The molecule has 0 amide bonds. The summed E-state index contributed by atoms with van der Waals surface area (Å²) in [5, 5.41) is 11.4. The second-order valence-corrected chi connectivity index (χ2v) is 17.8. The van der Waals surface area contributed by atoms with Crippen molar-refractivity contribution in [1.29, 1.82) is 0 Å². The summed E-state index contributed by atoms with van der Waals surface area (Å²) in [7, 11) is 0. The van der Waals surface area contributed by atoms with Gasteiger partial charge >= 0.3 is 0 Å². The molecule has 1 saturated carbocycles. The summed E-state index contributed by atoms with van der Waals surface area (Å²) in [6, 6.07) is 63.4. The van der Waals surface area contributed by atoms with Gasteiger partial charge in [0.25, 0.3) is 0 Å². The number of nitrogens with zero attached hydrogens (tertiary/aromatic N) is 3. The van der Waals surface area contributed by atoms with Crippen LogP contribution >= 0.6 is 0 Å². The van der Waals surface area contributed by atoms with Gasteiger partial charge in [0.2, 0.25) is 0 Å². The monoisotopic (exact) mass is 999 g/mol. The fourth-order valence-corrected chi connectivity index (χ4v) is 9.24. The SMILES string of the molecule is CC(C)(C)c1ccc(-n2c(-c3ccccc3O)nc3c(-c4[c-]c(-c5cc(-c6ccc(C7CCCCC7)cc6)ccn5)cc(-c5ccccc5)c4)cccc32)c(-c2ccccc2)c1.[Pt]. The summed E-state index contributed by atoms with van der Waals surface area (Å²) in [5.41, 5.74) is 16.3. The van der Waals surface area contributed by atoms with Gasteiger partial charge in [0.1, 0.15) is 11.6 Å². The number of hydrogen-bond donors (Lipinski definition) is 1. The zero-order chi connectivity index (χ0) is 42.2. The van der Waals surface area contributed by atoms with Crippen molar-refractivity contribution < 1.29 is 26.2 Å². The van der Waals surface area contributed by atoms with Crippen LogP contribution < -0.4 is 0 Å². The third kappa shape index (κ3) is 8.45. The van der Waals surface area contributed by atoms with Gasteiger partial charge in [-0.2, -0.15) is 0 Å². The molecule has 9 aromatic rings. The van der Waals surface area contributed by atoms with Crippen LogP contribution in [0.15, 0.2) is 176 Å². The predicted molar refractivity (Wildman–Crippen MR) is 257 cm³/mol. The van der Waals surface area contributed by atoms with Gasteiger partial charge in [-0.15, -0.1) is 23.8 Å². The first-order chi connectivity index (χ1) is 30.3. The normalized spacial score (nSPS) is 13.2. The zero-order valence-corrected chi connectivity index (χ0v) is 38.2. The summed E-state index contributed by atoms with van der Waals surface area (Å²) in [6.45, 7) is 6.74. The molecule has 63 heavy (non-hydrogen) atoms. The molecule has 1 fully saturated rings. The number of aromatic nitrogens is 3. The Morgan fingerprint density at radius 3 is 1.97 bits per heavy atom. The molecule has 2 heterocycles. The molecule has 0 aliphatic heterocycles. The van der Waals surface area contributed by atoms with E-state index in [0.717, 1.165) is 66.9 Å². The number of phenols is 1. The van der Waals surface area contributed by atoms with E-state index >= 15 is 0 Å². The average molecular weight is 1000 g/mol. The maximum Gasteiger partial charge on any atom is 0.148 e. The molecule has 0 unspecified atom stereocenters. The molecule has 0 bridgehead atoms. The summed E-state index contributed by atoms with van der Waals surface area (Å²) in [5.74, 6) is 1.51. The molecule has 1 aliphatic rings. The predicted octanol–water partition coefficient (Wildman–Crippen LogP) is 15.3. The van der Waals surface area contributed by atoms with E-state index in [4.69, 9.17) is 9.97 Å². The molecule has 7 aromatic carbocycles. The van der Waals surface area contributed by atoms with E-state index < -0.39 is 0 Å². The van der Waals surface area contributed by atoms with Gasteiger partial charge in [-0.1, -0.05) is 178 Å². The van der Waals surface area contributed by atoms with E-state index in [9.17, 15) is 5.11 Å². The molecule has 0 radical (unpaired) electrons. The van der Waals surface area contributed by atoms with Gasteiger partial charge in [-0.25, -0.2) is 4.98 Å². The molecule has 5 heteroatoms. The van der Waals surface area contributed by atoms with Crippen molar-refractivity contribution in [2.45, 2.75) is 64.2 Å². The maximum atomic E-state index is 11.4. The largest absolute Gasteiger partial charge is 0.507 e. The Labute approximate surface area is 385 Å². The molecule has 2 aromatic heterocycles.